The fourth-order valence-corrected chi connectivity index (χ4v) is 1.36. The molecule has 2 aromatic heterocycles. The second-order valence-electron chi connectivity index (χ2n) is 3.23. The number of carbonyl (C=O) groups excluding carboxylic acids is 1. The van der Waals surface area contributed by atoms with Crippen molar-refractivity contribution in [3.63, 3.8) is 0 Å². The molecule has 0 aliphatic heterocycles. The lowest BCUT2D eigenvalue weighted by atomic mass is 10.1. The molecule has 2 rings (SSSR count). The van der Waals surface area contributed by atoms with Crippen LogP contribution in [0.1, 0.15) is 10.4 Å². The minimum absolute atomic E-state index is 0.183. The highest BCUT2D eigenvalue weighted by molar-refractivity contribution is 5.92. The van der Waals surface area contributed by atoms with Crippen LogP contribution < -0.4 is 10.5 Å². The number of pyridine rings is 2. The summed E-state index contributed by atoms with van der Waals surface area (Å²) in [5, 5.41) is 11.6. The maximum absolute atomic E-state index is 11.6. The lowest BCUT2D eigenvalue weighted by Crippen LogP contribution is -2.31. The van der Waals surface area contributed by atoms with Crippen LogP contribution in [0.3, 0.4) is 0 Å². The summed E-state index contributed by atoms with van der Waals surface area (Å²) < 4.78 is 0.608. The van der Waals surface area contributed by atoms with Gasteiger partial charge in [0.1, 0.15) is 5.56 Å². The van der Waals surface area contributed by atoms with Gasteiger partial charge in [-0.05, 0) is 18.2 Å². The number of nitrogens with two attached hydrogens (primary N) is 1. The van der Waals surface area contributed by atoms with Crippen molar-refractivity contribution in [1.82, 2.24) is 4.98 Å². The van der Waals surface area contributed by atoms with Gasteiger partial charge in [0.2, 0.25) is 5.69 Å². The molecule has 0 unspecified atom stereocenters. The minimum atomic E-state index is -0.623. The molecule has 16 heavy (non-hydrogen) atoms. The van der Waals surface area contributed by atoms with Crippen molar-refractivity contribution >= 4 is 5.91 Å². The van der Waals surface area contributed by atoms with Crippen molar-refractivity contribution in [3.05, 3.63) is 53.6 Å². The molecule has 0 saturated carbocycles. The van der Waals surface area contributed by atoms with Gasteiger partial charge in [-0.3, -0.25) is 9.78 Å². The quantitative estimate of drug-likeness (QED) is 0.584. The summed E-state index contributed by atoms with van der Waals surface area (Å²) in [6.07, 6.45) is 4.36. The molecule has 0 saturated heterocycles. The van der Waals surface area contributed by atoms with Gasteiger partial charge in [0.15, 0.2) is 6.20 Å². The van der Waals surface area contributed by atoms with Crippen molar-refractivity contribution in [2.45, 2.75) is 0 Å². The molecule has 0 atom stereocenters. The van der Waals surface area contributed by atoms with Crippen LogP contribution in [0, 0.1) is 5.21 Å². The van der Waals surface area contributed by atoms with Crippen LogP contribution in [0.25, 0.3) is 11.3 Å². The SMILES string of the molecule is NC(=O)c1ccc(-c2cccnc2)[n+]([O-])c1. The fourth-order valence-electron chi connectivity index (χ4n) is 1.36. The molecule has 0 radical (unpaired) electrons. The van der Waals surface area contributed by atoms with Crippen molar-refractivity contribution in [2.24, 2.45) is 5.73 Å². The third-order valence-electron chi connectivity index (χ3n) is 2.16. The summed E-state index contributed by atoms with van der Waals surface area (Å²) in [4.78, 5) is 14.8. The molecule has 0 fully saturated rings. The number of hydrogen-bond donors (Lipinski definition) is 1. The van der Waals surface area contributed by atoms with E-state index >= 15 is 0 Å². The van der Waals surface area contributed by atoms with E-state index in [1.54, 1.807) is 30.6 Å². The molecule has 2 N–H and O–H groups in total. The highest BCUT2D eigenvalue weighted by Crippen LogP contribution is 2.13. The Morgan fingerprint density at radius 3 is 2.75 bits per heavy atom. The van der Waals surface area contributed by atoms with Gasteiger partial charge < -0.3 is 10.9 Å². The van der Waals surface area contributed by atoms with Crippen LogP contribution in [0.15, 0.2) is 42.9 Å². The molecular formula is C11H9N3O2. The molecule has 2 aromatic rings. The van der Waals surface area contributed by atoms with E-state index in [4.69, 9.17) is 5.73 Å². The highest BCUT2D eigenvalue weighted by Gasteiger charge is 2.11. The van der Waals surface area contributed by atoms with Crippen molar-refractivity contribution in [2.75, 3.05) is 0 Å². The van der Waals surface area contributed by atoms with Crippen molar-refractivity contribution in [3.8, 4) is 11.3 Å². The van der Waals surface area contributed by atoms with E-state index in [0.29, 0.717) is 16.0 Å². The predicted molar refractivity (Wildman–Crippen MR) is 57.2 cm³/mol. The third kappa shape index (κ3) is 1.83. The Labute approximate surface area is 91.8 Å². The number of rotatable bonds is 2. The van der Waals surface area contributed by atoms with Gasteiger partial charge in [0.05, 0.1) is 5.56 Å². The fraction of sp³-hybridized carbons (Fsp3) is 0. The number of aromatic nitrogens is 2. The Hall–Kier alpha value is -2.43. The first-order valence-corrected chi connectivity index (χ1v) is 4.62. The van der Waals surface area contributed by atoms with Gasteiger partial charge in [-0.25, -0.2) is 0 Å². The largest absolute Gasteiger partial charge is 0.618 e. The molecule has 80 valence electrons. The van der Waals surface area contributed by atoms with Crippen LogP contribution in [0.2, 0.25) is 0 Å². The predicted octanol–water partition coefficient (Wildman–Crippen LogP) is 0.481. The average molecular weight is 215 g/mol. The Morgan fingerprint density at radius 1 is 1.38 bits per heavy atom. The maximum atomic E-state index is 11.6. The lowest BCUT2D eigenvalue weighted by molar-refractivity contribution is -0.593. The minimum Gasteiger partial charge on any atom is -0.618 e. The molecule has 5 nitrogen and oxygen atoms in total. The molecule has 0 aliphatic rings. The van der Waals surface area contributed by atoms with E-state index in [9.17, 15) is 10.0 Å². The molecule has 0 spiro atoms. The van der Waals surface area contributed by atoms with Gasteiger partial charge in [-0.15, -0.1) is 0 Å². The monoisotopic (exact) mass is 215 g/mol. The van der Waals surface area contributed by atoms with E-state index in [-0.39, 0.29) is 5.56 Å². The van der Waals surface area contributed by atoms with Gasteiger partial charge in [-0.2, -0.15) is 4.73 Å². The van der Waals surface area contributed by atoms with Crippen molar-refractivity contribution < 1.29 is 9.52 Å². The standard InChI is InChI=1S/C11H9N3O2/c12-11(15)9-3-4-10(14(16)7-9)8-2-1-5-13-6-8/h1-7H,(H2,12,15). The summed E-state index contributed by atoms with van der Waals surface area (Å²) in [5.74, 6) is -0.623. The van der Waals surface area contributed by atoms with E-state index in [1.807, 2.05) is 0 Å². The Morgan fingerprint density at radius 2 is 2.19 bits per heavy atom. The molecule has 0 aliphatic carbocycles. The number of amides is 1. The molecule has 1 amide bonds. The first-order valence-electron chi connectivity index (χ1n) is 4.62. The van der Waals surface area contributed by atoms with Crippen LogP contribution in [0.5, 0.6) is 0 Å². The van der Waals surface area contributed by atoms with Crippen LogP contribution in [0.4, 0.5) is 0 Å². The zero-order chi connectivity index (χ0) is 11.5. The summed E-state index contributed by atoms with van der Waals surface area (Å²) in [6.45, 7) is 0. The number of hydrogen-bond acceptors (Lipinski definition) is 3. The molecular weight excluding hydrogens is 206 g/mol. The first-order chi connectivity index (χ1) is 7.68. The number of carbonyl (C=O) groups is 1. The molecule has 2 heterocycles. The van der Waals surface area contributed by atoms with Crippen LogP contribution in [-0.2, 0) is 0 Å². The molecule has 0 aromatic carbocycles. The Balaban J connectivity index is 2.48. The second kappa shape index (κ2) is 3.98. The van der Waals surface area contributed by atoms with Gasteiger partial charge in [0.25, 0.3) is 5.91 Å². The van der Waals surface area contributed by atoms with Crippen molar-refractivity contribution in [1.29, 1.82) is 0 Å². The highest BCUT2D eigenvalue weighted by atomic mass is 16.5. The first kappa shape index (κ1) is 10.1. The van der Waals surface area contributed by atoms with Gasteiger partial charge in [0, 0.05) is 18.5 Å². The molecule has 0 bridgehead atoms. The van der Waals surface area contributed by atoms with Crippen LogP contribution in [-0.4, -0.2) is 10.9 Å². The summed E-state index contributed by atoms with van der Waals surface area (Å²) >= 11 is 0. The van der Waals surface area contributed by atoms with E-state index in [1.165, 1.54) is 6.07 Å². The zero-order valence-corrected chi connectivity index (χ0v) is 8.33. The lowest BCUT2D eigenvalue weighted by Gasteiger charge is -2.04. The van der Waals surface area contributed by atoms with E-state index < -0.39 is 5.91 Å². The van der Waals surface area contributed by atoms with E-state index in [2.05, 4.69) is 4.98 Å². The average Bonchev–Trinajstić information content (AvgIpc) is 2.30. The van der Waals surface area contributed by atoms with Crippen LogP contribution >= 0.6 is 0 Å². The number of primary amides is 1. The third-order valence-corrected chi connectivity index (χ3v) is 2.16. The van der Waals surface area contributed by atoms with Gasteiger partial charge in [-0.1, -0.05) is 0 Å². The van der Waals surface area contributed by atoms with E-state index in [0.717, 1.165) is 6.20 Å². The Kier molecular flexibility index (Phi) is 2.51. The maximum Gasteiger partial charge on any atom is 0.254 e. The van der Waals surface area contributed by atoms with Gasteiger partial charge >= 0.3 is 0 Å². The smallest absolute Gasteiger partial charge is 0.254 e. The second-order valence-corrected chi connectivity index (χ2v) is 3.23. The Bertz CT molecular complexity index is 526. The number of nitrogens with zero attached hydrogens (tertiary/aromatic N) is 2. The normalized spacial score (nSPS) is 10.0. The summed E-state index contributed by atoms with van der Waals surface area (Å²) in [7, 11) is 0. The zero-order valence-electron chi connectivity index (χ0n) is 8.33. The summed E-state index contributed by atoms with van der Waals surface area (Å²) in [6, 6.07) is 6.56. The molecule has 5 heteroatoms. The topological polar surface area (TPSA) is 82.9 Å². The summed E-state index contributed by atoms with van der Waals surface area (Å²) in [5.41, 5.74) is 6.37.